The molecule has 2 atom stereocenters. The molecule has 2 aliphatic heterocycles. The Kier molecular flexibility index (Phi) is 5.82. The minimum Gasteiger partial charge on any atom is -0.496 e. The molecule has 2 radical (unpaired) electrons. The molecule has 2 aromatic rings. The van der Waals surface area contributed by atoms with Gasteiger partial charge in [-0.05, 0) is 61.6 Å². The maximum atomic E-state index is 5.38. The Morgan fingerprint density at radius 3 is 2.73 bits per heavy atom. The fourth-order valence-corrected chi connectivity index (χ4v) is 4.22. The van der Waals surface area contributed by atoms with E-state index in [4.69, 9.17) is 4.74 Å². The van der Waals surface area contributed by atoms with Crippen molar-refractivity contribution in [1.82, 2.24) is 9.88 Å². The summed E-state index contributed by atoms with van der Waals surface area (Å²) in [6, 6.07) is 8.63. The summed E-state index contributed by atoms with van der Waals surface area (Å²) in [5, 5.41) is 0. The lowest BCUT2D eigenvalue weighted by molar-refractivity contribution is 0.201. The molecular formula is C22H29N3O. The Bertz CT molecular complexity index is 746. The molecule has 0 aliphatic carbocycles. The van der Waals surface area contributed by atoms with Gasteiger partial charge >= 0.3 is 0 Å². The molecule has 2 bridgehead atoms. The Labute approximate surface area is 157 Å². The summed E-state index contributed by atoms with van der Waals surface area (Å²) in [6.07, 6.45) is 6.69. The molecule has 1 aromatic heterocycles. The van der Waals surface area contributed by atoms with Crippen molar-refractivity contribution in [1.29, 1.82) is 0 Å². The van der Waals surface area contributed by atoms with Gasteiger partial charge in [0.1, 0.15) is 5.75 Å². The van der Waals surface area contributed by atoms with Crippen molar-refractivity contribution in [2.24, 2.45) is 5.92 Å². The van der Waals surface area contributed by atoms with Crippen LogP contribution in [0.4, 0.5) is 5.69 Å². The largest absolute Gasteiger partial charge is 0.496 e. The van der Waals surface area contributed by atoms with Gasteiger partial charge in [0.15, 0.2) is 0 Å². The van der Waals surface area contributed by atoms with E-state index < -0.39 is 0 Å². The average molecular weight is 351 g/mol. The number of hydrogen-bond acceptors (Lipinski definition) is 4. The number of hydrogen-bond donors (Lipinski definition) is 0. The first-order chi connectivity index (χ1) is 12.2. The van der Waals surface area contributed by atoms with Crippen molar-refractivity contribution >= 4 is 5.69 Å². The van der Waals surface area contributed by atoms with Crippen molar-refractivity contribution in [3.05, 3.63) is 49.6 Å². The predicted octanol–water partition coefficient (Wildman–Crippen LogP) is 3.92. The molecule has 0 saturated carbocycles. The van der Waals surface area contributed by atoms with Crippen LogP contribution < -0.4 is 9.64 Å². The number of pyridine rings is 1. The molecule has 4 rings (SSSR count). The summed E-state index contributed by atoms with van der Waals surface area (Å²) in [5.41, 5.74) is 4.78. The zero-order valence-corrected chi connectivity index (χ0v) is 15.9. The number of methoxy groups -OCH3 is 1. The summed E-state index contributed by atoms with van der Waals surface area (Å²) in [5.74, 6) is 1.73. The van der Waals surface area contributed by atoms with Crippen molar-refractivity contribution in [2.75, 3.05) is 44.7 Å². The number of rotatable bonds is 3. The van der Waals surface area contributed by atoms with Crippen LogP contribution in [0.3, 0.4) is 0 Å². The van der Waals surface area contributed by atoms with E-state index in [0.29, 0.717) is 0 Å². The van der Waals surface area contributed by atoms with E-state index in [0.717, 1.165) is 30.3 Å². The summed E-state index contributed by atoms with van der Waals surface area (Å²) < 4.78 is 5.38. The molecule has 3 heterocycles. The summed E-state index contributed by atoms with van der Waals surface area (Å²) in [7, 11) is 1.72. The Balaban J connectivity index is 0.00000196. The number of nitrogens with zero attached hydrogens (tertiary/aromatic N) is 3. The molecule has 2 saturated heterocycles. The van der Waals surface area contributed by atoms with E-state index in [1.807, 2.05) is 18.5 Å². The smallest absolute Gasteiger partial charge is 0.121 e. The maximum absolute atomic E-state index is 5.38. The molecule has 26 heavy (non-hydrogen) atoms. The van der Waals surface area contributed by atoms with Crippen LogP contribution in [0.5, 0.6) is 5.75 Å². The van der Waals surface area contributed by atoms with E-state index in [1.54, 1.807) is 7.11 Å². The van der Waals surface area contributed by atoms with Crippen LogP contribution in [0.2, 0.25) is 0 Å². The van der Waals surface area contributed by atoms with Crippen LogP contribution in [0.1, 0.15) is 18.4 Å². The second kappa shape index (κ2) is 8.09. The number of fused-ring (bicyclic) bond motifs is 2. The van der Waals surface area contributed by atoms with E-state index in [-0.39, 0.29) is 7.43 Å². The molecule has 0 amide bonds. The molecule has 1 aromatic carbocycles. The van der Waals surface area contributed by atoms with Crippen molar-refractivity contribution in [2.45, 2.75) is 19.8 Å². The van der Waals surface area contributed by atoms with Crippen LogP contribution >= 0.6 is 0 Å². The van der Waals surface area contributed by atoms with E-state index in [2.05, 4.69) is 39.9 Å². The topological polar surface area (TPSA) is 28.6 Å². The van der Waals surface area contributed by atoms with Crippen LogP contribution in [-0.4, -0.2) is 49.7 Å². The maximum Gasteiger partial charge on any atom is 0.121 e. The summed E-state index contributed by atoms with van der Waals surface area (Å²) >= 11 is 0. The third-order valence-corrected chi connectivity index (χ3v) is 5.58. The molecule has 4 heteroatoms. The van der Waals surface area contributed by atoms with Gasteiger partial charge in [-0.1, -0.05) is 13.5 Å². The number of anilines is 1. The lowest BCUT2D eigenvalue weighted by atomic mass is 9.98. The highest BCUT2D eigenvalue weighted by molar-refractivity contribution is 5.68. The summed E-state index contributed by atoms with van der Waals surface area (Å²) in [4.78, 5) is 9.69. The van der Waals surface area contributed by atoms with Crippen LogP contribution in [0.15, 0.2) is 36.7 Å². The first-order valence-electron chi connectivity index (χ1n) is 9.30. The van der Waals surface area contributed by atoms with Gasteiger partial charge in [0.05, 0.1) is 19.0 Å². The number of aromatic nitrogens is 1. The molecule has 2 unspecified atom stereocenters. The third kappa shape index (κ3) is 3.85. The summed E-state index contributed by atoms with van der Waals surface area (Å²) in [6.45, 7) is 8.05. The molecular weight excluding hydrogens is 322 g/mol. The van der Waals surface area contributed by atoms with Gasteiger partial charge in [0, 0.05) is 37.9 Å². The Morgan fingerprint density at radius 1 is 1.04 bits per heavy atom. The number of ether oxygens (including phenoxy) is 1. The second-order valence-electron chi connectivity index (χ2n) is 7.37. The SMILES string of the molecule is COc1ccc(-c2cncc(N3CCN4CCCC(C4)C3)c2)cc1C.[CH2]. The zero-order valence-electron chi connectivity index (χ0n) is 15.9. The lowest BCUT2D eigenvalue weighted by Gasteiger charge is -2.29. The van der Waals surface area contributed by atoms with E-state index >= 15 is 0 Å². The van der Waals surface area contributed by atoms with E-state index in [1.165, 1.54) is 49.3 Å². The minimum atomic E-state index is 0. The standard InChI is InChI=1S/C21H27N3O.CH2/c1-16-10-18(5-6-21(16)25-2)19-11-20(13-22-12-19)24-9-8-23-7-3-4-17(14-23)15-24;/h5-6,10-13,17H,3-4,7-9,14-15H2,1-2H3;1H2. The number of piperidine rings is 1. The highest BCUT2D eigenvalue weighted by atomic mass is 16.5. The van der Waals surface area contributed by atoms with Crippen LogP contribution in [0, 0.1) is 20.3 Å². The molecule has 2 fully saturated rings. The first-order valence-corrected chi connectivity index (χ1v) is 9.30. The first kappa shape index (κ1) is 18.7. The van der Waals surface area contributed by atoms with Crippen LogP contribution in [-0.2, 0) is 0 Å². The Hall–Kier alpha value is -2.07. The van der Waals surface area contributed by atoms with Crippen LogP contribution in [0.25, 0.3) is 11.1 Å². The zero-order chi connectivity index (χ0) is 17.2. The van der Waals surface area contributed by atoms with Gasteiger partial charge in [-0.2, -0.15) is 0 Å². The molecule has 138 valence electrons. The van der Waals surface area contributed by atoms with E-state index in [9.17, 15) is 0 Å². The normalized spacial score (nSPS) is 22.3. The third-order valence-electron chi connectivity index (χ3n) is 5.58. The lowest BCUT2D eigenvalue weighted by Crippen LogP contribution is -2.35. The monoisotopic (exact) mass is 351 g/mol. The highest BCUT2D eigenvalue weighted by Gasteiger charge is 2.26. The Morgan fingerprint density at radius 2 is 1.92 bits per heavy atom. The van der Waals surface area contributed by atoms with Gasteiger partial charge < -0.3 is 14.5 Å². The fourth-order valence-electron chi connectivity index (χ4n) is 4.22. The minimum absolute atomic E-state index is 0. The van der Waals surface area contributed by atoms with Crippen molar-refractivity contribution in [3.63, 3.8) is 0 Å². The number of benzene rings is 1. The van der Waals surface area contributed by atoms with Gasteiger partial charge in [0.2, 0.25) is 0 Å². The van der Waals surface area contributed by atoms with Gasteiger partial charge in [-0.25, -0.2) is 0 Å². The average Bonchev–Trinajstić information content (AvgIpc) is 2.79. The quantitative estimate of drug-likeness (QED) is 0.838. The van der Waals surface area contributed by atoms with Gasteiger partial charge in [-0.15, -0.1) is 0 Å². The van der Waals surface area contributed by atoms with Gasteiger partial charge in [-0.3, -0.25) is 4.98 Å². The predicted molar refractivity (Wildman–Crippen MR) is 108 cm³/mol. The molecule has 2 aliphatic rings. The van der Waals surface area contributed by atoms with Gasteiger partial charge in [0.25, 0.3) is 0 Å². The van der Waals surface area contributed by atoms with Crippen molar-refractivity contribution < 1.29 is 4.74 Å². The second-order valence-corrected chi connectivity index (χ2v) is 7.37. The molecule has 0 N–H and O–H groups in total. The number of aryl methyl sites for hydroxylation is 1. The fraction of sp³-hybridized carbons (Fsp3) is 0.455. The van der Waals surface area contributed by atoms with Crippen molar-refractivity contribution in [3.8, 4) is 16.9 Å². The molecule has 4 nitrogen and oxygen atoms in total. The molecule has 0 spiro atoms. The highest BCUT2D eigenvalue weighted by Crippen LogP contribution is 2.29.